The maximum Gasteiger partial charge on any atom is 0.0410 e. The Morgan fingerprint density at radius 3 is 2.63 bits per heavy atom. The predicted octanol–water partition coefficient (Wildman–Crippen LogP) is 3.86. The fraction of sp³-hybridized carbons (Fsp3) is 0.625. The molecule has 0 saturated carbocycles. The largest absolute Gasteiger partial charge is 0.371 e. The van der Waals surface area contributed by atoms with Gasteiger partial charge in [0.25, 0.3) is 0 Å². The highest BCUT2D eigenvalue weighted by atomic mass is 35.5. The second kappa shape index (κ2) is 6.15. The lowest BCUT2D eigenvalue weighted by molar-refractivity contribution is 0.301. The highest BCUT2D eigenvalue weighted by Crippen LogP contribution is 2.40. The van der Waals surface area contributed by atoms with Gasteiger partial charge in [-0.15, -0.1) is 0 Å². The number of halogens is 1. The summed E-state index contributed by atoms with van der Waals surface area (Å²) < 4.78 is 0. The fourth-order valence-corrected chi connectivity index (χ4v) is 3.38. The minimum atomic E-state index is 0.500. The van der Waals surface area contributed by atoms with Crippen molar-refractivity contribution in [2.24, 2.45) is 11.1 Å². The summed E-state index contributed by atoms with van der Waals surface area (Å²) in [6.07, 6.45) is 4.72. The molecule has 1 aliphatic rings. The first-order valence-corrected chi connectivity index (χ1v) is 7.75. The summed E-state index contributed by atoms with van der Waals surface area (Å²) >= 11 is 6.11. The van der Waals surface area contributed by atoms with Crippen molar-refractivity contribution in [1.29, 1.82) is 0 Å². The molecule has 1 saturated heterocycles. The molecular weight excluding hydrogens is 256 g/mol. The van der Waals surface area contributed by atoms with Gasteiger partial charge in [0.1, 0.15) is 0 Å². The van der Waals surface area contributed by atoms with Crippen LogP contribution in [0.2, 0.25) is 5.02 Å². The maximum absolute atomic E-state index is 6.11. The Morgan fingerprint density at radius 2 is 2.05 bits per heavy atom. The average Bonchev–Trinajstić information content (AvgIpc) is 2.84. The maximum atomic E-state index is 6.11. The molecule has 3 heteroatoms. The van der Waals surface area contributed by atoms with Gasteiger partial charge in [-0.3, -0.25) is 0 Å². The highest BCUT2D eigenvalue weighted by molar-refractivity contribution is 6.30. The van der Waals surface area contributed by atoms with Crippen molar-refractivity contribution in [1.82, 2.24) is 0 Å². The smallest absolute Gasteiger partial charge is 0.0410 e. The van der Waals surface area contributed by atoms with Crippen LogP contribution in [0.5, 0.6) is 0 Å². The summed E-state index contributed by atoms with van der Waals surface area (Å²) in [6, 6.07) is 6.23. The van der Waals surface area contributed by atoms with E-state index in [0.29, 0.717) is 12.0 Å². The molecule has 1 aromatic rings. The van der Waals surface area contributed by atoms with E-state index in [4.69, 9.17) is 17.3 Å². The molecule has 0 bridgehead atoms. The van der Waals surface area contributed by atoms with Gasteiger partial charge in [0.2, 0.25) is 0 Å². The molecule has 0 amide bonds. The number of nitrogens with zero attached hydrogens (tertiary/aromatic N) is 1. The third-order valence-electron chi connectivity index (χ3n) is 4.73. The summed E-state index contributed by atoms with van der Waals surface area (Å²) in [5.41, 5.74) is 8.84. The van der Waals surface area contributed by atoms with Gasteiger partial charge in [-0.1, -0.05) is 25.4 Å². The molecule has 2 rings (SSSR count). The van der Waals surface area contributed by atoms with Crippen LogP contribution >= 0.6 is 11.6 Å². The highest BCUT2D eigenvalue weighted by Gasteiger charge is 2.35. The first-order valence-electron chi connectivity index (χ1n) is 7.37. The summed E-state index contributed by atoms with van der Waals surface area (Å²) in [5.74, 6) is 0. The Bertz CT molecular complexity index is 427. The zero-order valence-corrected chi connectivity index (χ0v) is 12.8. The van der Waals surface area contributed by atoms with E-state index in [0.717, 1.165) is 18.0 Å². The van der Waals surface area contributed by atoms with Gasteiger partial charge in [-0.25, -0.2) is 0 Å². The number of rotatable bonds is 5. The lowest BCUT2D eigenvalue weighted by Gasteiger charge is -2.28. The van der Waals surface area contributed by atoms with E-state index in [1.54, 1.807) is 0 Å². The van der Waals surface area contributed by atoms with Crippen LogP contribution in [0.25, 0.3) is 0 Å². The first-order chi connectivity index (χ1) is 9.14. The molecule has 106 valence electrons. The fourth-order valence-electron chi connectivity index (χ4n) is 3.19. The molecule has 0 radical (unpaired) electrons. The van der Waals surface area contributed by atoms with Crippen LogP contribution in [0, 0.1) is 5.41 Å². The van der Waals surface area contributed by atoms with Crippen LogP contribution in [0.1, 0.15) is 38.7 Å². The van der Waals surface area contributed by atoms with E-state index >= 15 is 0 Å². The van der Waals surface area contributed by atoms with Crippen molar-refractivity contribution in [3.05, 3.63) is 28.8 Å². The van der Waals surface area contributed by atoms with Crippen molar-refractivity contribution in [2.75, 3.05) is 24.5 Å². The van der Waals surface area contributed by atoms with Crippen molar-refractivity contribution in [3.63, 3.8) is 0 Å². The predicted molar refractivity (Wildman–Crippen MR) is 84.1 cm³/mol. The van der Waals surface area contributed by atoms with E-state index in [-0.39, 0.29) is 0 Å². The summed E-state index contributed by atoms with van der Waals surface area (Å²) in [4.78, 5) is 2.52. The average molecular weight is 281 g/mol. The van der Waals surface area contributed by atoms with Crippen LogP contribution in [0.3, 0.4) is 0 Å². The zero-order valence-electron chi connectivity index (χ0n) is 12.1. The topological polar surface area (TPSA) is 29.3 Å². The Balaban J connectivity index is 2.23. The lowest BCUT2D eigenvalue weighted by atomic mass is 9.82. The SMILES string of the molecule is CCC1(CC)CCN(c2ccc(Cl)cc2CCN)C1. The molecule has 1 aliphatic heterocycles. The van der Waals surface area contributed by atoms with Crippen molar-refractivity contribution >= 4 is 17.3 Å². The third-order valence-corrected chi connectivity index (χ3v) is 4.97. The normalized spacial score (nSPS) is 18.0. The standard InChI is InChI=1S/C16H25ClN2/c1-3-16(4-2)8-10-19(12-16)15-6-5-14(17)11-13(15)7-9-18/h5-6,11H,3-4,7-10,12,18H2,1-2H3. The quantitative estimate of drug-likeness (QED) is 0.887. The summed E-state index contributed by atoms with van der Waals surface area (Å²) in [5, 5.41) is 0.809. The van der Waals surface area contributed by atoms with Crippen molar-refractivity contribution < 1.29 is 0 Å². The van der Waals surface area contributed by atoms with Crippen LogP contribution in [0.15, 0.2) is 18.2 Å². The Hall–Kier alpha value is -0.730. The lowest BCUT2D eigenvalue weighted by Crippen LogP contribution is -2.27. The van der Waals surface area contributed by atoms with E-state index in [2.05, 4.69) is 30.9 Å². The second-order valence-electron chi connectivity index (χ2n) is 5.69. The van der Waals surface area contributed by atoms with Gasteiger partial charge in [0.15, 0.2) is 0 Å². The van der Waals surface area contributed by atoms with Gasteiger partial charge in [-0.2, -0.15) is 0 Å². The van der Waals surface area contributed by atoms with Gasteiger partial charge >= 0.3 is 0 Å². The van der Waals surface area contributed by atoms with E-state index in [9.17, 15) is 0 Å². The molecule has 0 spiro atoms. The summed E-state index contributed by atoms with van der Waals surface area (Å²) in [7, 11) is 0. The Labute approximate surface area is 121 Å². The molecule has 1 aromatic carbocycles. The number of anilines is 1. The molecule has 0 unspecified atom stereocenters. The van der Waals surface area contributed by atoms with Gasteiger partial charge < -0.3 is 10.6 Å². The molecule has 0 aliphatic carbocycles. The van der Waals surface area contributed by atoms with Crippen molar-refractivity contribution in [3.8, 4) is 0 Å². The van der Waals surface area contributed by atoms with E-state index in [1.165, 1.54) is 37.1 Å². The van der Waals surface area contributed by atoms with Gasteiger partial charge in [-0.05, 0) is 61.4 Å². The molecule has 0 aromatic heterocycles. The minimum absolute atomic E-state index is 0.500. The molecule has 0 atom stereocenters. The Morgan fingerprint density at radius 1 is 1.32 bits per heavy atom. The zero-order chi connectivity index (χ0) is 13.9. The summed E-state index contributed by atoms with van der Waals surface area (Å²) in [6.45, 7) is 7.62. The molecule has 1 heterocycles. The van der Waals surface area contributed by atoms with Gasteiger partial charge in [0, 0.05) is 23.8 Å². The van der Waals surface area contributed by atoms with Crippen LogP contribution < -0.4 is 10.6 Å². The number of nitrogens with two attached hydrogens (primary N) is 1. The van der Waals surface area contributed by atoms with Gasteiger partial charge in [0.05, 0.1) is 0 Å². The van der Waals surface area contributed by atoms with Crippen LogP contribution in [-0.2, 0) is 6.42 Å². The molecule has 1 fully saturated rings. The monoisotopic (exact) mass is 280 g/mol. The molecule has 2 nitrogen and oxygen atoms in total. The van der Waals surface area contributed by atoms with Crippen LogP contribution in [-0.4, -0.2) is 19.6 Å². The molecule has 2 N–H and O–H groups in total. The second-order valence-corrected chi connectivity index (χ2v) is 6.13. The van der Waals surface area contributed by atoms with Crippen molar-refractivity contribution in [2.45, 2.75) is 39.5 Å². The number of benzene rings is 1. The molecule has 19 heavy (non-hydrogen) atoms. The Kier molecular flexibility index (Phi) is 4.75. The van der Waals surface area contributed by atoms with E-state index < -0.39 is 0 Å². The van der Waals surface area contributed by atoms with Crippen LogP contribution in [0.4, 0.5) is 5.69 Å². The number of hydrogen-bond donors (Lipinski definition) is 1. The first kappa shape index (κ1) is 14.7. The third kappa shape index (κ3) is 3.06. The molecular formula is C16H25ClN2. The number of hydrogen-bond acceptors (Lipinski definition) is 2. The minimum Gasteiger partial charge on any atom is -0.371 e. The van der Waals surface area contributed by atoms with E-state index in [1.807, 2.05) is 6.07 Å².